The summed E-state index contributed by atoms with van der Waals surface area (Å²) in [7, 11) is 3.48. The van der Waals surface area contributed by atoms with Gasteiger partial charge in [0.2, 0.25) is 0 Å². The minimum Gasteiger partial charge on any atom is -0.493 e. The van der Waals surface area contributed by atoms with Crippen LogP contribution < -0.4 is 9.47 Å². The molecule has 5 fully saturated rings. The lowest BCUT2D eigenvalue weighted by atomic mass is 9.36. The van der Waals surface area contributed by atoms with Crippen LogP contribution in [0.1, 0.15) is 49.7 Å². The van der Waals surface area contributed by atoms with E-state index in [1.54, 1.807) is 14.2 Å². The smallest absolute Gasteiger partial charge is 0.165 e. The number of hydrogen-bond donors (Lipinski definition) is 1. The predicted molar refractivity (Wildman–Crippen MR) is 111 cm³/mol. The van der Waals surface area contributed by atoms with Crippen molar-refractivity contribution in [3.05, 3.63) is 23.3 Å². The van der Waals surface area contributed by atoms with E-state index >= 15 is 0 Å². The topological polar surface area (TPSA) is 63.5 Å². The van der Waals surface area contributed by atoms with Crippen LogP contribution in [0.5, 0.6) is 11.5 Å². The molecule has 5 aliphatic carbocycles. The van der Waals surface area contributed by atoms with Crippen molar-refractivity contribution in [3.63, 3.8) is 0 Å². The van der Waals surface area contributed by atoms with E-state index in [0.717, 1.165) is 61.8 Å². The Balaban J connectivity index is 1.50. The summed E-state index contributed by atoms with van der Waals surface area (Å²) in [6.07, 6.45) is 7.49. The quantitative estimate of drug-likeness (QED) is 0.610. The first-order valence-electron chi connectivity index (χ1n) is 11.5. The van der Waals surface area contributed by atoms with Crippen LogP contribution in [-0.2, 0) is 16.6 Å². The zero-order valence-electron chi connectivity index (χ0n) is 17.8. The fourth-order valence-corrected chi connectivity index (χ4v) is 8.39. The third-order valence-corrected chi connectivity index (χ3v) is 9.74. The second-order valence-electron chi connectivity index (χ2n) is 10.5. The van der Waals surface area contributed by atoms with Crippen molar-refractivity contribution < 1.29 is 19.4 Å². The van der Waals surface area contributed by atoms with Gasteiger partial charge in [-0.25, -0.2) is 0 Å². The number of fused-ring (bicyclic) bond motifs is 2. The molecule has 1 aromatic rings. The Morgan fingerprint density at radius 1 is 1.23 bits per heavy atom. The Kier molecular flexibility index (Phi) is 3.28. The molecule has 0 aromatic heterocycles. The average molecular weight is 411 g/mol. The lowest BCUT2D eigenvalue weighted by molar-refractivity contribution is -0.204. The van der Waals surface area contributed by atoms with Crippen LogP contribution in [0.15, 0.2) is 17.3 Å². The first kappa shape index (κ1) is 17.8. The molecule has 7 aliphatic rings. The van der Waals surface area contributed by atoms with Gasteiger partial charge in [-0.15, -0.1) is 0 Å². The molecular formula is C24H30N2O4. The molecule has 2 heterocycles. The van der Waals surface area contributed by atoms with Crippen molar-refractivity contribution in [1.29, 1.82) is 0 Å². The summed E-state index contributed by atoms with van der Waals surface area (Å²) in [6.45, 7) is 2.33. The van der Waals surface area contributed by atoms with E-state index in [9.17, 15) is 5.21 Å². The molecule has 2 spiro atoms. The van der Waals surface area contributed by atoms with Gasteiger partial charge in [0, 0.05) is 42.5 Å². The van der Waals surface area contributed by atoms with Gasteiger partial charge in [-0.3, -0.25) is 4.90 Å². The first-order valence-corrected chi connectivity index (χ1v) is 11.5. The van der Waals surface area contributed by atoms with Crippen molar-refractivity contribution in [2.75, 3.05) is 27.3 Å². The minimum atomic E-state index is -0.654. The maximum absolute atomic E-state index is 10.1. The third-order valence-electron chi connectivity index (χ3n) is 9.74. The Hall–Kier alpha value is -1.79. The molecule has 1 saturated heterocycles. The van der Waals surface area contributed by atoms with E-state index in [4.69, 9.17) is 14.2 Å². The number of ether oxygens (including phenoxy) is 3. The first-order chi connectivity index (χ1) is 14.6. The van der Waals surface area contributed by atoms with E-state index < -0.39 is 5.60 Å². The molecule has 8 rings (SSSR count). The summed E-state index contributed by atoms with van der Waals surface area (Å²) in [5.41, 5.74) is 2.89. The molecule has 5 atom stereocenters. The van der Waals surface area contributed by atoms with Crippen molar-refractivity contribution in [1.82, 2.24) is 4.90 Å². The summed E-state index contributed by atoms with van der Waals surface area (Å²) in [4.78, 5) is 2.78. The Morgan fingerprint density at radius 3 is 2.83 bits per heavy atom. The highest BCUT2D eigenvalue weighted by molar-refractivity contribution is 5.97. The van der Waals surface area contributed by atoms with Gasteiger partial charge in [0.15, 0.2) is 11.5 Å². The summed E-state index contributed by atoms with van der Waals surface area (Å²) in [5, 5.41) is 13.9. The van der Waals surface area contributed by atoms with E-state index in [1.807, 2.05) is 0 Å². The van der Waals surface area contributed by atoms with Crippen LogP contribution in [0.3, 0.4) is 0 Å². The van der Waals surface area contributed by atoms with Gasteiger partial charge in [0.05, 0.1) is 12.8 Å². The molecule has 6 nitrogen and oxygen atoms in total. The summed E-state index contributed by atoms with van der Waals surface area (Å²) in [6, 6.07) is 4.81. The minimum absolute atomic E-state index is 0.0390. The van der Waals surface area contributed by atoms with Gasteiger partial charge >= 0.3 is 0 Å². The largest absolute Gasteiger partial charge is 0.493 e. The molecule has 160 valence electrons. The fraction of sp³-hybridized carbons (Fsp3) is 0.708. The van der Waals surface area contributed by atoms with Gasteiger partial charge in [0.25, 0.3) is 0 Å². The van der Waals surface area contributed by atoms with Crippen LogP contribution in [0.25, 0.3) is 0 Å². The third kappa shape index (κ3) is 1.73. The maximum atomic E-state index is 10.1. The van der Waals surface area contributed by atoms with Gasteiger partial charge in [-0.1, -0.05) is 11.2 Å². The number of hydrogen-bond acceptors (Lipinski definition) is 6. The normalized spacial score (nSPS) is 44.1. The van der Waals surface area contributed by atoms with Crippen molar-refractivity contribution in [2.45, 2.75) is 68.1 Å². The Labute approximate surface area is 177 Å². The SMILES string of the molecule is COc1ccc2c3c1O[C@@H]1[C@]34CCN(CC3CC3)[C@H](C2)[C@]42CC[C@@]1(OC)C(=NO)C2. The monoisotopic (exact) mass is 410 g/mol. The number of likely N-dealkylation sites (tertiary alicyclic amines) is 1. The highest BCUT2D eigenvalue weighted by Gasteiger charge is 2.80. The lowest BCUT2D eigenvalue weighted by Crippen LogP contribution is -2.81. The molecule has 4 saturated carbocycles. The second-order valence-corrected chi connectivity index (χ2v) is 10.5. The molecular weight excluding hydrogens is 380 g/mol. The van der Waals surface area contributed by atoms with Crippen LogP contribution in [-0.4, -0.2) is 60.9 Å². The van der Waals surface area contributed by atoms with E-state index in [1.165, 1.54) is 30.5 Å². The van der Waals surface area contributed by atoms with Crippen molar-refractivity contribution in [2.24, 2.45) is 16.5 Å². The van der Waals surface area contributed by atoms with Crippen LogP contribution in [0.2, 0.25) is 0 Å². The van der Waals surface area contributed by atoms with Crippen molar-refractivity contribution in [3.8, 4) is 11.5 Å². The molecule has 0 unspecified atom stereocenters. The number of oxime groups is 1. The van der Waals surface area contributed by atoms with Gasteiger partial charge in [-0.05, 0) is 62.6 Å². The number of rotatable bonds is 4. The van der Waals surface area contributed by atoms with Crippen LogP contribution in [0, 0.1) is 11.3 Å². The molecule has 0 amide bonds. The highest BCUT2D eigenvalue weighted by Crippen LogP contribution is 2.75. The second kappa shape index (κ2) is 5.52. The van der Waals surface area contributed by atoms with Crippen LogP contribution >= 0.6 is 0 Å². The van der Waals surface area contributed by atoms with Gasteiger partial charge in [0.1, 0.15) is 11.7 Å². The zero-order chi connectivity index (χ0) is 20.3. The molecule has 2 aliphatic heterocycles. The highest BCUT2D eigenvalue weighted by atomic mass is 16.6. The molecule has 6 heteroatoms. The van der Waals surface area contributed by atoms with Crippen molar-refractivity contribution >= 4 is 5.71 Å². The van der Waals surface area contributed by atoms with Gasteiger partial charge in [-0.2, -0.15) is 0 Å². The Morgan fingerprint density at radius 2 is 2.10 bits per heavy atom. The summed E-state index contributed by atoms with van der Waals surface area (Å²) in [5.74, 6) is 2.61. The standard InChI is InChI=1S/C24H30N2O4/c1-28-16-6-5-15-11-18-22-7-8-24(29-2,17(12-22)25-27)21-23(22,19(15)20(16)30-21)9-10-26(18)13-14-3-4-14/h5-6,14,18,21,27H,3-4,7-13H2,1-2H3/t18-,21-,22-,23+,24-/m1/s1. The number of methoxy groups -OCH3 is 2. The molecule has 4 bridgehead atoms. The van der Waals surface area contributed by atoms with E-state index in [2.05, 4.69) is 22.2 Å². The average Bonchev–Trinajstić information content (AvgIpc) is 3.52. The van der Waals surface area contributed by atoms with Gasteiger partial charge < -0.3 is 19.4 Å². The molecule has 30 heavy (non-hydrogen) atoms. The van der Waals surface area contributed by atoms with E-state index in [0.29, 0.717) is 6.04 Å². The van der Waals surface area contributed by atoms with Crippen LogP contribution in [0.4, 0.5) is 0 Å². The number of benzene rings is 1. The molecule has 1 N–H and O–H groups in total. The van der Waals surface area contributed by atoms with E-state index in [-0.39, 0.29) is 16.9 Å². The fourth-order valence-electron chi connectivity index (χ4n) is 8.39. The number of nitrogens with zero attached hydrogens (tertiary/aromatic N) is 2. The summed E-state index contributed by atoms with van der Waals surface area (Å²) < 4.78 is 18.8. The maximum Gasteiger partial charge on any atom is 0.165 e. The molecule has 1 aromatic carbocycles. The predicted octanol–water partition coefficient (Wildman–Crippen LogP) is 3.13. The summed E-state index contributed by atoms with van der Waals surface area (Å²) >= 11 is 0. The lowest BCUT2D eigenvalue weighted by Gasteiger charge is -2.72. The number of piperidine rings is 1. The zero-order valence-corrected chi connectivity index (χ0v) is 17.8. The Bertz CT molecular complexity index is 974. The molecule has 0 radical (unpaired) electrons.